The van der Waals surface area contributed by atoms with E-state index < -0.39 is 0 Å². The maximum absolute atomic E-state index is 8.97. The minimum atomic E-state index is 0.437. The van der Waals surface area contributed by atoms with Crippen LogP contribution in [0.5, 0.6) is 0 Å². The molecule has 3 rings (SSSR count). The van der Waals surface area contributed by atoms with Gasteiger partial charge in [0, 0.05) is 26.2 Å². The number of likely N-dealkylation sites (tertiary alicyclic amines) is 1. The van der Waals surface area contributed by atoms with Crippen molar-refractivity contribution in [2.45, 2.75) is 12.8 Å². The van der Waals surface area contributed by atoms with Crippen molar-refractivity contribution in [3.63, 3.8) is 0 Å². The Kier molecular flexibility index (Phi) is 1.50. The van der Waals surface area contributed by atoms with Gasteiger partial charge in [0.15, 0.2) is 0 Å². The molecule has 0 radical (unpaired) electrons. The zero-order chi connectivity index (χ0) is 8.13. The Morgan fingerprint density at radius 3 is 2.33 bits per heavy atom. The van der Waals surface area contributed by atoms with Crippen molar-refractivity contribution in [3.05, 3.63) is 0 Å². The number of piperidine rings is 1. The first kappa shape index (κ1) is 7.34. The van der Waals surface area contributed by atoms with Crippen molar-refractivity contribution in [3.8, 4) is 0 Å². The standard InChI is InChI=1S/C10H17NO/c12-6-10-8-4-11(5-9(8)10)3-7-1-2-7/h7-10,12H,1-6H2/t8-,9+,10?. The zero-order valence-electron chi connectivity index (χ0n) is 7.45. The summed E-state index contributed by atoms with van der Waals surface area (Å²) in [5.74, 6) is 3.46. The van der Waals surface area contributed by atoms with Gasteiger partial charge in [-0.1, -0.05) is 0 Å². The van der Waals surface area contributed by atoms with Crippen LogP contribution in [0.1, 0.15) is 12.8 Å². The molecule has 3 atom stereocenters. The zero-order valence-corrected chi connectivity index (χ0v) is 7.45. The third kappa shape index (κ3) is 1.09. The number of aliphatic hydroxyl groups is 1. The summed E-state index contributed by atoms with van der Waals surface area (Å²) in [7, 11) is 0. The van der Waals surface area contributed by atoms with Crippen molar-refractivity contribution in [1.29, 1.82) is 0 Å². The van der Waals surface area contributed by atoms with Gasteiger partial charge in [0.2, 0.25) is 0 Å². The molecule has 1 saturated heterocycles. The van der Waals surface area contributed by atoms with Crippen LogP contribution in [0.2, 0.25) is 0 Å². The smallest absolute Gasteiger partial charge is 0.0465 e. The van der Waals surface area contributed by atoms with Crippen molar-refractivity contribution >= 4 is 0 Å². The predicted molar refractivity (Wildman–Crippen MR) is 46.7 cm³/mol. The van der Waals surface area contributed by atoms with Crippen LogP contribution in [0.4, 0.5) is 0 Å². The van der Waals surface area contributed by atoms with Crippen LogP contribution in [0.15, 0.2) is 0 Å². The molecule has 0 aromatic heterocycles. The van der Waals surface area contributed by atoms with E-state index in [1.165, 1.54) is 32.5 Å². The molecular weight excluding hydrogens is 150 g/mol. The van der Waals surface area contributed by atoms with Crippen LogP contribution in [0.25, 0.3) is 0 Å². The molecule has 0 bridgehead atoms. The molecule has 1 aliphatic heterocycles. The average Bonchev–Trinajstić information content (AvgIpc) is 2.94. The average molecular weight is 167 g/mol. The first-order chi connectivity index (χ1) is 5.88. The van der Waals surface area contributed by atoms with Gasteiger partial charge in [-0.05, 0) is 36.5 Å². The van der Waals surface area contributed by atoms with E-state index >= 15 is 0 Å². The van der Waals surface area contributed by atoms with Gasteiger partial charge < -0.3 is 10.0 Å². The summed E-state index contributed by atoms with van der Waals surface area (Å²) in [6, 6.07) is 0. The number of hydrogen-bond donors (Lipinski definition) is 1. The molecule has 2 saturated carbocycles. The summed E-state index contributed by atoms with van der Waals surface area (Å²) in [6.07, 6.45) is 2.94. The molecule has 2 heteroatoms. The molecule has 1 unspecified atom stereocenters. The van der Waals surface area contributed by atoms with Gasteiger partial charge in [-0.25, -0.2) is 0 Å². The normalized spacial score (nSPS) is 46.2. The number of aliphatic hydroxyl groups excluding tert-OH is 1. The molecule has 2 nitrogen and oxygen atoms in total. The van der Waals surface area contributed by atoms with E-state index in [0.717, 1.165) is 17.8 Å². The lowest BCUT2D eigenvalue weighted by Gasteiger charge is -2.18. The Hall–Kier alpha value is -0.0800. The first-order valence-electron chi connectivity index (χ1n) is 5.21. The summed E-state index contributed by atoms with van der Waals surface area (Å²) in [6.45, 7) is 4.36. The van der Waals surface area contributed by atoms with Crippen LogP contribution in [0.3, 0.4) is 0 Å². The highest BCUT2D eigenvalue weighted by molar-refractivity contribution is 5.05. The highest BCUT2D eigenvalue weighted by Gasteiger charge is 2.55. The van der Waals surface area contributed by atoms with Crippen LogP contribution in [0, 0.1) is 23.7 Å². The lowest BCUT2D eigenvalue weighted by molar-refractivity contribution is 0.217. The second-order valence-electron chi connectivity index (χ2n) is 4.84. The molecule has 0 aromatic rings. The molecule has 0 aromatic carbocycles. The molecule has 68 valence electrons. The summed E-state index contributed by atoms with van der Waals surface area (Å²) < 4.78 is 0. The third-order valence-electron chi connectivity index (χ3n) is 3.87. The second kappa shape index (κ2) is 2.46. The van der Waals surface area contributed by atoms with Crippen LogP contribution in [-0.4, -0.2) is 36.2 Å². The van der Waals surface area contributed by atoms with Crippen molar-refractivity contribution < 1.29 is 5.11 Å². The van der Waals surface area contributed by atoms with E-state index in [4.69, 9.17) is 5.11 Å². The van der Waals surface area contributed by atoms with Crippen LogP contribution in [-0.2, 0) is 0 Å². The van der Waals surface area contributed by atoms with Crippen molar-refractivity contribution in [1.82, 2.24) is 4.90 Å². The molecule has 1 heterocycles. The van der Waals surface area contributed by atoms with Crippen LogP contribution < -0.4 is 0 Å². The fourth-order valence-electron chi connectivity index (χ4n) is 2.82. The molecule has 1 N–H and O–H groups in total. The number of fused-ring (bicyclic) bond motifs is 1. The van der Waals surface area contributed by atoms with Gasteiger partial charge in [0.05, 0.1) is 0 Å². The third-order valence-corrected chi connectivity index (χ3v) is 3.87. The number of nitrogens with zero attached hydrogens (tertiary/aromatic N) is 1. The summed E-state index contributed by atoms with van der Waals surface area (Å²) in [5.41, 5.74) is 0. The predicted octanol–water partition coefficient (Wildman–Crippen LogP) is 0.566. The lowest BCUT2D eigenvalue weighted by atomic mass is 10.2. The number of hydrogen-bond acceptors (Lipinski definition) is 2. The molecule has 3 fully saturated rings. The van der Waals surface area contributed by atoms with Crippen molar-refractivity contribution in [2.75, 3.05) is 26.2 Å². The van der Waals surface area contributed by atoms with Crippen molar-refractivity contribution in [2.24, 2.45) is 23.7 Å². The number of rotatable bonds is 3. The van der Waals surface area contributed by atoms with Crippen LogP contribution >= 0.6 is 0 Å². The van der Waals surface area contributed by atoms with Gasteiger partial charge in [-0.2, -0.15) is 0 Å². The fraction of sp³-hybridized carbons (Fsp3) is 1.00. The van der Waals surface area contributed by atoms with E-state index in [2.05, 4.69) is 4.90 Å². The largest absolute Gasteiger partial charge is 0.396 e. The SMILES string of the molecule is OCC1[C@H]2CN(CC3CC3)C[C@@H]12. The summed E-state index contributed by atoms with van der Waals surface area (Å²) >= 11 is 0. The van der Waals surface area contributed by atoms with Gasteiger partial charge in [0.25, 0.3) is 0 Å². The highest BCUT2D eigenvalue weighted by Crippen LogP contribution is 2.51. The Labute approximate surface area is 73.6 Å². The van der Waals surface area contributed by atoms with E-state index in [-0.39, 0.29) is 0 Å². The molecular formula is C10H17NO. The molecule has 2 aliphatic carbocycles. The van der Waals surface area contributed by atoms with E-state index in [9.17, 15) is 0 Å². The topological polar surface area (TPSA) is 23.5 Å². The van der Waals surface area contributed by atoms with E-state index in [1.54, 1.807) is 0 Å². The molecule has 3 aliphatic rings. The molecule has 0 spiro atoms. The first-order valence-corrected chi connectivity index (χ1v) is 5.21. The maximum atomic E-state index is 8.97. The van der Waals surface area contributed by atoms with Gasteiger partial charge >= 0.3 is 0 Å². The molecule has 12 heavy (non-hydrogen) atoms. The molecule has 0 amide bonds. The van der Waals surface area contributed by atoms with Gasteiger partial charge in [-0.3, -0.25) is 0 Å². The van der Waals surface area contributed by atoms with E-state index in [0.29, 0.717) is 12.5 Å². The summed E-state index contributed by atoms with van der Waals surface area (Å²) in [5, 5.41) is 8.97. The Bertz CT molecular complexity index is 178. The Balaban J connectivity index is 1.49. The second-order valence-corrected chi connectivity index (χ2v) is 4.84. The fourth-order valence-corrected chi connectivity index (χ4v) is 2.82. The Morgan fingerprint density at radius 2 is 1.83 bits per heavy atom. The maximum Gasteiger partial charge on any atom is 0.0465 e. The lowest BCUT2D eigenvalue weighted by Crippen LogP contribution is -2.27. The monoisotopic (exact) mass is 167 g/mol. The summed E-state index contributed by atoms with van der Waals surface area (Å²) in [4.78, 5) is 2.61. The minimum Gasteiger partial charge on any atom is -0.396 e. The van der Waals surface area contributed by atoms with Gasteiger partial charge in [-0.15, -0.1) is 0 Å². The van der Waals surface area contributed by atoms with E-state index in [1.807, 2.05) is 0 Å². The van der Waals surface area contributed by atoms with Gasteiger partial charge in [0.1, 0.15) is 0 Å². The Morgan fingerprint density at radius 1 is 1.17 bits per heavy atom. The highest BCUT2D eigenvalue weighted by atomic mass is 16.3. The quantitative estimate of drug-likeness (QED) is 0.664. The minimum absolute atomic E-state index is 0.437.